The molecule has 2 heterocycles. The molecule has 1 saturated heterocycles. The molecule has 0 aromatic rings. The fourth-order valence-corrected chi connectivity index (χ4v) is 4.71. The van der Waals surface area contributed by atoms with Crippen LogP contribution in [0.3, 0.4) is 0 Å². The average molecular weight is 404 g/mol. The highest BCUT2D eigenvalue weighted by Crippen LogP contribution is 2.54. The van der Waals surface area contributed by atoms with Crippen LogP contribution >= 0.6 is 0 Å². The zero-order valence-electron chi connectivity index (χ0n) is 16.5. The summed E-state index contributed by atoms with van der Waals surface area (Å²) >= 11 is 0. The van der Waals surface area contributed by atoms with Crippen molar-refractivity contribution in [2.24, 2.45) is 23.2 Å². The van der Waals surface area contributed by atoms with Crippen molar-refractivity contribution in [2.45, 2.75) is 59.0 Å². The second kappa shape index (κ2) is 6.93. The molecule has 2 amide bonds. The average Bonchev–Trinajstić information content (AvgIpc) is 3.15. The number of halogens is 3. The first-order valence-corrected chi connectivity index (χ1v) is 9.63. The number of amides is 2. The largest absolute Gasteiger partial charge is 0.509 e. The molecule has 0 aromatic heterocycles. The number of rotatable bonds is 5. The number of alkyl halides is 3. The first-order chi connectivity index (χ1) is 12.9. The third-order valence-electron chi connectivity index (χ3n) is 6.98. The van der Waals surface area contributed by atoms with Crippen molar-refractivity contribution in [3.63, 3.8) is 0 Å². The minimum atomic E-state index is -4.80. The Bertz CT molecular complexity index is 704. The van der Waals surface area contributed by atoms with Gasteiger partial charge in [0.15, 0.2) is 0 Å². The normalized spacial score (nSPS) is 33.0. The number of hydrogen-bond donors (Lipinski definition) is 2. The lowest BCUT2D eigenvalue weighted by molar-refractivity contribution is -0.238. The van der Waals surface area contributed by atoms with Crippen LogP contribution in [0.4, 0.5) is 13.2 Å². The summed E-state index contributed by atoms with van der Waals surface area (Å²) in [5, 5.41) is 12.9. The van der Waals surface area contributed by atoms with Gasteiger partial charge in [0.1, 0.15) is 17.4 Å². The van der Waals surface area contributed by atoms with E-state index >= 15 is 0 Å². The molecule has 2 fully saturated rings. The lowest BCUT2D eigenvalue weighted by Crippen LogP contribution is -2.50. The van der Waals surface area contributed by atoms with Crippen LogP contribution in [0.5, 0.6) is 0 Å². The highest BCUT2D eigenvalue weighted by molar-refractivity contribution is 6.20. The minimum absolute atomic E-state index is 0.149. The summed E-state index contributed by atoms with van der Waals surface area (Å²) in [6.45, 7) is 8.41. The van der Waals surface area contributed by atoms with Crippen LogP contribution < -0.4 is 5.32 Å². The van der Waals surface area contributed by atoms with E-state index in [9.17, 15) is 27.9 Å². The molecule has 28 heavy (non-hydrogen) atoms. The molecule has 2 N–H and O–H groups in total. The molecule has 6 nitrogen and oxygen atoms in total. The van der Waals surface area contributed by atoms with Crippen molar-refractivity contribution in [1.82, 2.24) is 10.2 Å². The number of aliphatic hydroxyl groups is 1. The Morgan fingerprint density at radius 1 is 1.43 bits per heavy atom. The number of ether oxygens (including phenoxy) is 1. The van der Waals surface area contributed by atoms with Gasteiger partial charge in [-0.15, -0.1) is 0 Å². The monoisotopic (exact) mass is 404 g/mol. The van der Waals surface area contributed by atoms with Gasteiger partial charge in [-0.05, 0) is 29.6 Å². The van der Waals surface area contributed by atoms with E-state index in [2.05, 4.69) is 30.8 Å². The van der Waals surface area contributed by atoms with Gasteiger partial charge in [0.2, 0.25) is 6.23 Å². The number of aliphatic hydroxyl groups excluding tert-OH is 1. The first-order valence-electron chi connectivity index (χ1n) is 9.63. The summed E-state index contributed by atoms with van der Waals surface area (Å²) < 4.78 is 43.7. The maximum atomic E-state index is 13.0. The molecule has 158 valence electrons. The summed E-state index contributed by atoms with van der Waals surface area (Å²) in [7, 11) is 0. The zero-order valence-corrected chi connectivity index (χ0v) is 16.5. The third kappa shape index (κ3) is 3.17. The van der Waals surface area contributed by atoms with Crippen LogP contribution in [0.15, 0.2) is 11.3 Å². The van der Waals surface area contributed by atoms with Gasteiger partial charge in [-0.3, -0.25) is 14.5 Å². The van der Waals surface area contributed by atoms with Crippen LogP contribution in [0.1, 0.15) is 40.5 Å². The van der Waals surface area contributed by atoms with Gasteiger partial charge in [-0.2, -0.15) is 13.2 Å². The number of carbonyl (C=O) groups is 2. The van der Waals surface area contributed by atoms with E-state index in [1.807, 2.05) is 6.92 Å². The highest BCUT2D eigenvalue weighted by atomic mass is 19.4. The van der Waals surface area contributed by atoms with Crippen LogP contribution in [0, 0.1) is 23.2 Å². The molecule has 2 aliphatic heterocycles. The maximum Gasteiger partial charge on any atom is 0.433 e. The second-order valence-corrected chi connectivity index (χ2v) is 8.66. The molecular weight excluding hydrogens is 377 g/mol. The Labute approximate surface area is 162 Å². The van der Waals surface area contributed by atoms with Gasteiger partial charge in [-0.1, -0.05) is 34.1 Å². The Kier molecular flexibility index (Phi) is 5.19. The Morgan fingerprint density at radius 3 is 2.57 bits per heavy atom. The summed E-state index contributed by atoms with van der Waals surface area (Å²) in [5.41, 5.74) is -0.464. The molecule has 3 rings (SSSR count). The van der Waals surface area contributed by atoms with E-state index in [1.165, 1.54) is 0 Å². The molecule has 0 bridgehead atoms. The van der Waals surface area contributed by atoms with Crippen LogP contribution in [-0.4, -0.2) is 53.4 Å². The first kappa shape index (κ1) is 21.0. The molecule has 5 unspecified atom stereocenters. The SMILES string of the molecule is CCC(CNC(=O)C1=C(O)C2COC(C(F)(F)F)N2C1=O)C1CC(C)C1(C)C. The fourth-order valence-electron chi connectivity index (χ4n) is 4.71. The summed E-state index contributed by atoms with van der Waals surface area (Å²) in [4.78, 5) is 25.4. The summed E-state index contributed by atoms with van der Waals surface area (Å²) in [5.74, 6) is -1.44. The number of fused-ring (bicyclic) bond motifs is 1. The summed E-state index contributed by atoms with van der Waals surface area (Å²) in [6, 6.07) is -1.27. The van der Waals surface area contributed by atoms with Crippen LogP contribution in [0.2, 0.25) is 0 Å². The van der Waals surface area contributed by atoms with E-state index in [4.69, 9.17) is 0 Å². The van der Waals surface area contributed by atoms with Crippen molar-refractivity contribution >= 4 is 11.8 Å². The summed E-state index contributed by atoms with van der Waals surface area (Å²) in [6.07, 6.45) is -5.36. The molecule has 9 heteroatoms. The Hall–Kier alpha value is -1.77. The fraction of sp³-hybridized carbons (Fsp3) is 0.789. The molecule has 1 aliphatic carbocycles. The predicted molar refractivity (Wildman–Crippen MR) is 93.9 cm³/mol. The van der Waals surface area contributed by atoms with Crippen LogP contribution in [0.25, 0.3) is 0 Å². The van der Waals surface area contributed by atoms with E-state index < -0.39 is 48.2 Å². The Balaban J connectivity index is 1.68. The van der Waals surface area contributed by atoms with Crippen molar-refractivity contribution in [3.8, 4) is 0 Å². The smallest absolute Gasteiger partial charge is 0.433 e. The third-order valence-corrected chi connectivity index (χ3v) is 6.98. The molecule has 0 spiro atoms. The van der Waals surface area contributed by atoms with Gasteiger partial charge in [0, 0.05) is 6.54 Å². The van der Waals surface area contributed by atoms with Crippen molar-refractivity contribution in [3.05, 3.63) is 11.3 Å². The number of hydrogen-bond acceptors (Lipinski definition) is 4. The van der Waals surface area contributed by atoms with Crippen LogP contribution in [-0.2, 0) is 14.3 Å². The maximum absolute atomic E-state index is 13.0. The van der Waals surface area contributed by atoms with E-state index in [-0.39, 0.29) is 11.3 Å². The van der Waals surface area contributed by atoms with E-state index in [0.717, 1.165) is 12.8 Å². The predicted octanol–water partition coefficient (Wildman–Crippen LogP) is 2.75. The number of nitrogens with one attached hydrogen (secondary N) is 1. The lowest BCUT2D eigenvalue weighted by atomic mass is 9.51. The van der Waals surface area contributed by atoms with E-state index in [0.29, 0.717) is 23.3 Å². The van der Waals surface area contributed by atoms with Crippen molar-refractivity contribution < 1.29 is 32.6 Å². The quantitative estimate of drug-likeness (QED) is 0.691. The van der Waals surface area contributed by atoms with E-state index in [1.54, 1.807) is 0 Å². The van der Waals surface area contributed by atoms with Crippen molar-refractivity contribution in [2.75, 3.05) is 13.2 Å². The van der Waals surface area contributed by atoms with Gasteiger partial charge in [0.05, 0.1) is 6.61 Å². The highest BCUT2D eigenvalue weighted by Gasteiger charge is 2.59. The molecule has 3 aliphatic rings. The van der Waals surface area contributed by atoms with Gasteiger partial charge in [0.25, 0.3) is 11.8 Å². The number of carbonyl (C=O) groups excluding carboxylic acids is 2. The Morgan fingerprint density at radius 2 is 2.07 bits per heavy atom. The molecule has 0 aromatic carbocycles. The second-order valence-electron chi connectivity index (χ2n) is 8.66. The molecule has 1 saturated carbocycles. The zero-order chi connectivity index (χ0) is 21.0. The van der Waals surface area contributed by atoms with Gasteiger partial charge in [-0.25, -0.2) is 0 Å². The van der Waals surface area contributed by atoms with Gasteiger partial charge >= 0.3 is 6.18 Å². The van der Waals surface area contributed by atoms with Gasteiger partial charge < -0.3 is 15.2 Å². The standard InChI is InChI=1S/C19H27F3N2O4/c1-5-10(11-6-9(2)18(11,3)4)7-23-15(26)13-14(25)12-8-28-17(19(20,21)22)24(12)16(13)27/h9-12,17,25H,5-8H2,1-4H3,(H,23,26). The number of nitrogens with zero attached hydrogens (tertiary/aromatic N) is 1. The minimum Gasteiger partial charge on any atom is -0.509 e. The van der Waals surface area contributed by atoms with Crippen molar-refractivity contribution in [1.29, 1.82) is 0 Å². The topological polar surface area (TPSA) is 78.9 Å². The lowest BCUT2D eigenvalue weighted by Gasteiger charge is -2.54. The molecular formula is C19H27F3N2O4. The molecule has 5 atom stereocenters. The molecule has 0 radical (unpaired) electrons.